The highest BCUT2D eigenvalue weighted by atomic mass is 32.2. The van der Waals surface area contributed by atoms with Crippen LogP contribution in [-0.4, -0.2) is 45.5 Å². The van der Waals surface area contributed by atoms with Crippen LogP contribution in [0.1, 0.15) is 51.2 Å². The van der Waals surface area contributed by atoms with Crippen molar-refractivity contribution in [3.63, 3.8) is 0 Å². The van der Waals surface area contributed by atoms with Crippen molar-refractivity contribution in [2.75, 3.05) is 17.6 Å². The number of thioether (sulfide) groups is 1. The molecule has 1 aromatic heterocycles. The number of nitrogens with zero attached hydrogens (tertiary/aromatic N) is 2. The fourth-order valence-electron chi connectivity index (χ4n) is 3.94. The number of aromatic nitrogens is 1. The van der Waals surface area contributed by atoms with Crippen molar-refractivity contribution in [3.8, 4) is 0 Å². The second kappa shape index (κ2) is 8.25. The summed E-state index contributed by atoms with van der Waals surface area (Å²) in [6.07, 6.45) is 7.31. The van der Waals surface area contributed by atoms with Gasteiger partial charge in [-0.25, -0.2) is 0 Å². The van der Waals surface area contributed by atoms with Gasteiger partial charge in [0.25, 0.3) is 0 Å². The van der Waals surface area contributed by atoms with E-state index >= 15 is 0 Å². The molecule has 7 heteroatoms. The molecule has 3 unspecified atom stereocenters. The molecule has 0 bridgehead atoms. The number of rotatable bonds is 5. The van der Waals surface area contributed by atoms with Gasteiger partial charge in [0.15, 0.2) is 5.82 Å². The minimum Gasteiger partial charge on any atom is -0.360 e. The Kier molecular flexibility index (Phi) is 6.04. The Labute approximate surface area is 153 Å². The number of amides is 2. The normalized spacial score (nSPS) is 24.5. The molecule has 0 spiro atoms. The Bertz CT molecular complexity index is 616. The molecule has 0 aromatic carbocycles. The number of carbonyl (C=O) groups excluding carboxylic acids is 2. The van der Waals surface area contributed by atoms with E-state index < -0.39 is 0 Å². The predicted molar refractivity (Wildman–Crippen MR) is 98.5 cm³/mol. The van der Waals surface area contributed by atoms with Gasteiger partial charge in [-0.2, -0.15) is 0 Å². The summed E-state index contributed by atoms with van der Waals surface area (Å²) in [4.78, 5) is 27.0. The zero-order valence-electron chi connectivity index (χ0n) is 15.0. The van der Waals surface area contributed by atoms with Crippen LogP contribution in [0.3, 0.4) is 0 Å². The Morgan fingerprint density at radius 2 is 2.12 bits per heavy atom. The first-order valence-corrected chi connectivity index (χ1v) is 10.2. The third-order valence-corrected chi connectivity index (χ3v) is 6.40. The molecule has 1 N–H and O–H groups in total. The number of piperidine rings is 1. The molecule has 1 saturated heterocycles. The number of nitrogens with one attached hydrogen (secondary N) is 1. The van der Waals surface area contributed by atoms with Crippen LogP contribution in [0.4, 0.5) is 5.82 Å². The van der Waals surface area contributed by atoms with Crippen molar-refractivity contribution in [2.45, 2.75) is 63.7 Å². The number of carbonyl (C=O) groups is 2. The van der Waals surface area contributed by atoms with Gasteiger partial charge in [0, 0.05) is 18.7 Å². The third-order valence-electron chi connectivity index (χ3n) is 5.27. The number of hydrogen-bond donors (Lipinski definition) is 1. The molecular formula is C18H27N3O3S. The first kappa shape index (κ1) is 18.3. The average molecular weight is 365 g/mol. The van der Waals surface area contributed by atoms with Gasteiger partial charge in [-0.1, -0.05) is 18.0 Å². The average Bonchev–Trinajstić information content (AvgIpc) is 3.03. The molecule has 2 aliphatic rings. The van der Waals surface area contributed by atoms with Gasteiger partial charge in [0.1, 0.15) is 5.76 Å². The summed E-state index contributed by atoms with van der Waals surface area (Å²) in [5, 5.41) is 6.17. The Morgan fingerprint density at radius 3 is 2.88 bits per heavy atom. The highest BCUT2D eigenvalue weighted by molar-refractivity contribution is 8.01. The van der Waals surface area contributed by atoms with Crippen molar-refractivity contribution in [2.24, 2.45) is 5.92 Å². The van der Waals surface area contributed by atoms with Crippen LogP contribution >= 0.6 is 11.8 Å². The van der Waals surface area contributed by atoms with Crippen LogP contribution in [0, 0.1) is 12.8 Å². The van der Waals surface area contributed by atoms with Crippen LogP contribution in [0.15, 0.2) is 10.6 Å². The van der Waals surface area contributed by atoms with Gasteiger partial charge < -0.3 is 14.7 Å². The lowest BCUT2D eigenvalue weighted by Gasteiger charge is -2.44. The van der Waals surface area contributed by atoms with Gasteiger partial charge in [0.05, 0.1) is 11.0 Å². The molecule has 3 atom stereocenters. The molecule has 1 aliphatic heterocycles. The van der Waals surface area contributed by atoms with Crippen LogP contribution in [0.2, 0.25) is 0 Å². The fraction of sp³-hybridized carbons (Fsp3) is 0.722. The van der Waals surface area contributed by atoms with E-state index in [0.717, 1.165) is 19.4 Å². The predicted octanol–water partition coefficient (Wildman–Crippen LogP) is 3.22. The Hall–Kier alpha value is -1.50. The van der Waals surface area contributed by atoms with Gasteiger partial charge in [0.2, 0.25) is 11.8 Å². The number of hydrogen-bond acceptors (Lipinski definition) is 5. The number of likely N-dealkylation sites (tertiary alicyclic amines) is 1. The lowest BCUT2D eigenvalue weighted by molar-refractivity contribution is -0.134. The fourth-order valence-corrected chi connectivity index (χ4v) is 4.71. The summed E-state index contributed by atoms with van der Waals surface area (Å²) in [5.74, 6) is 2.14. The van der Waals surface area contributed by atoms with Crippen molar-refractivity contribution in [3.05, 3.63) is 11.8 Å². The van der Waals surface area contributed by atoms with Crippen molar-refractivity contribution < 1.29 is 14.1 Å². The summed E-state index contributed by atoms with van der Waals surface area (Å²) in [7, 11) is 0. The standard InChI is InChI=1S/C18H27N3O3S/c1-12-10-16(20-24-12)19-18(23)13(2)25-11-17(22)21-9-5-7-14-6-3-4-8-15(14)21/h10,13-15H,3-9,11H2,1-2H3,(H,19,20,23). The van der Waals surface area contributed by atoms with Crippen molar-refractivity contribution in [1.29, 1.82) is 0 Å². The lowest BCUT2D eigenvalue weighted by atomic mass is 9.78. The third kappa shape index (κ3) is 4.57. The molecule has 6 nitrogen and oxygen atoms in total. The van der Waals surface area contributed by atoms with Crippen LogP contribution in [0.5, 0.6) is 0 Å². The largest absolute Gasteiger partial charge is 0.360 e. The molecule has 0 radical (unpaired) electrons. The number of anilines is 1. The monoisotopic (exact) mass is 365 g/mol. The molecule has 2 fully saturated rings. The molecule has 2 amide bonds. The molecule has 138 valence electrons. The van der Waals surface area contributed by atoms with E-state index in [1.54, 1.807) is 13.0 Å². The zero-order valence-corrected chi connectivity index (χ0v) is 15.8. The van der Waals surface area contributed by atoms with E-state index in [1.165, 1.54) is 37.4 Å². The van der Waals surface area contributed by atoms with E-state index in [-0.39, 0.29) is 17.1 Å². The summed E-state index contributed by atoms with van der Waals surface area (Å²) in [6, 6.07) is 2.11. The maximum absolute atomic E-state index is 12.7. The van der Waals surface area contributed by atoms with Crippen LogP contribution in [-0.2, 0) is 9.59 Å². The summed E-state index contributed by atoms with van der Waals surface area (Å²) < 4.78 is 4.94. The molecule has 3 rings (SSSR count). The van der Waals surface area contributed by atoms with Gasteiger partial charge in [-0.15, -0.1) is 11.8 Å². The lowest BCUT2D eigenvalue weighted by Crippen LogP contribution is -2.50. The van der Waals surface area contributed by atoms with Crippen molar-refractivity contribution in [1.82, 2.24) is 10.1 Å². The van der Waals surface area contributed by atoms with E-state index in [9.17, 15) is 9.59 Å². The highest BCUT2D eigenvalue weighted by Gasteiger charge is 2.35. The van der Waals surface area contributed by atoms with Gasteiger partial charge in [-0.3, -0.25) is 9.59 Å². The molecule has 1 saturated carbocycles. The number of fused-ring (bicyclic) bond motifs is 1. The van der Waals surface area contributed by atoms with Crippen LogP contribution < -0.4 is 5.32 Å². The highest BCUT2D eigenvalue weighted by Crippen LogP contribution is 2.35. The second-order valence-corrected chi connectivity index (χ2v) is 8.44. The summed E-state index contributed by atoms with van der Waals surface area (Å²) in [6.45, 7) is 4.47. The van der Waals surface area contributed by atoms with E-state index in [0.29, 0.717) is 29.3 Å². The summed E-state index contributed by atoms with van der Waals surface area (Å²) in [5.41, 5.74) is 0. The second-order valence-electron chi connectivity index (χ2n) is 7.11. The molecule has 1 aliphatic carbocycles. The number of aryl methyl sites for hydroxylation is 1. The molecular weight excluding hydrogens is 338 g/mol. The topological polar surface area (TPSA) is 75.4 Å². The smallest absolute Gasteiger partial charge is 0.238 e. The molecule has 25 heavy (non-hydrogen) atoms. The zero-order chi connectivity index (χ0) is 17.8. The first-order valence-electron chi connectivity index (χ1n) is 9.20. The minimum atomic E-state index is -0.312. The van der Waals surface area contributed by atoms with E-state index in [2.05, 4.69) is 15.4 Å². The van der Waals surface area contributed by atoms with E-state index in [4.69, 9.17) is 4.52 Å². The molecule has 1 aromatic rings. The quantitative estimate of drug-likeness (QED) is 0.867. The van der Waals surface area contributed by atoms with Gasteiger partial charge >= 0.3 is 0 Å². The van der Waals surface area contributed by atoms with Crippen LogP contribution in [0.25, 0.3) is 0 Å². The van der Waals surface area contributed by atoms with E-state index in [1.807, 2.05) is 6.92 Å². The maximum Gasteiger partial charge on any atom is 0.238 e. The summed E-state index contributed by atoms with van der Waals surface area (Å²) >= 11 is 1.39. The van der Waals surface area contributed by atoms with Crippen molar-refractivity contribution >= 4 is 29.4 Å². The SMILES string of the molecule is Cc1cc(NC(=O)C(C)SCC(=O)N2CCCC3CCCCC32)no1. The van der Waals surface area contributed by atoms with Gasteiger partial charge in [-0.05, 0) is 45.4 Å². The Morgan fingerprint density at radius 1 is 1.36 bits per heavy atom. The maximum atomic E-state index is 12.7. The minimum absolute atomic E-state index is 0.153. The first-order chi connectivity index (χ1) is 12.0. The Balaban J connectivity index is 1.48. The molecule has 2 heterocycles.